The first-order chi connectivity index (χ1) is 17.0. The van der Waals surface area contributed by atoms with E-state index in [4.69, 9.17) is 9.73 Å². The highest BCUT2D eigenvalue weighted by atomic mass is 16.5. The average molecular weight is 493 g/mol. The average Bonchev–Trinajstić information content (AvgIpc) is 3.17. The van der Waals surface area contributed by atoms with Gasteiger partial charge in [0.1, 0.15) is 0 Å². The first-order valence-corrected chi connectivity index (χ1v) is 14.4. The summed E-state index contributed by atoms with van der Waals surface area (Å²) in [5.41, 5.74) is 5.99. The van der Waals surface area contributed by atoms with Gasteiger partial charge >= 0.3 is 0 Å². The molecule has 3 nitrogen and oxygen atoms in total. The Kier molecular flexibility index (Phi) is 9.52. The molecule has 2 aromatic rings. The third kappa shape index (κ3) is 6.84. The molecule has 200 valence electrons. The number of fused-ring (bicyclic) bond motifs is 1. The van der Waals surface area contributed by atoms with E-state index in [1.54, 1.807) is 7.11 Å². The normalized spacial score (nSPS) is 21.1. The molecule has 1 aliphatic carbocycles. The number of unbranched alkanes of at least 4 members (excludes halogenated alkanes) is 1. The number of allylic oxidation sites excluding steroid dienone is 1. The maximum absolute atomic E-state index is 5.59. The predicted octanol–water partition coefficient (Wildman–Crippen LogP) is 9.45. The van der Waals surface area contributed by atoms with Crippen LogP contribution < -0.4 is 0 Å². The van der Waals surface area contributed by atoms with Gasteiger partial charge in [-0.25, -0.2) is 0 Å². The highest BCUT2D eigenvalue weighted by molar-refractivity contribution is 5.85. The lowest BCUT2D eigenvalue weighted by molar-refractivity contribution is 0.262. The van der Waals surface area contributed by atoms with Crippen LogP contribution in [0.15, 0.2) is 41.1 Å². The summed E-state index contributed by atoms with van der Waals surface area (Å²) >= 11 is 0. The van der Waals surface area contributed by atoms with Gasteiger partial charge < -0.3 is 9.72 Å². The number of para-hydroxylation sites is 1. The Balaban J connectivity index is 1.76. The summed E-state index contributed by atoms with van der Waals surface area (Å²) < 4.78 is 5.59. The van der Waals surface area contributed by atoms with E-state index in [2.05, 4.69) is 90.7 Å². The molecule has 3 unspecified atom stereocenters. The maximum atomic E-state index is 5.59. The van der Waals surface area contributed by atoms with Crippen molar-refractivity contribution in [1.29, 1.82) is 0 Å². The number of aromatic nitrogens is 1. The van der Waals surface area contributed by atoms with Gasteiger partial charge in [0, 0.05) is 34.6 Å². The second-order valence-electron chi connectivity index (χ2n) is 12.6. The fourth-order valence-corrected chi connectivity index (χ4v) is 6.12. The molecule has 0 spiro atoms. The lowest BCUT2D eigenvalue weighted by Crippen LogP contribution is -2.23. The van der Waals surface area contributed by atoms with Crippen LogP contribution in [0.4, 0.5) is 0 Å². The van der Waals surface area contributed by atoms with E-state index in [-0.39, 0.29) is 5.41 Å². The monoisotopic (exact) mass is 492 g/mol. The molecule has 1 aromatic carbocycles. The minimum atomic E-state index is 0.212. The van der Waals surface area contributed by atoms with Crippen LogP contribution in [-0.4, -0.2) is 23.8 Å². The fraction of sp³-hybridized carbons (Fsp3) is 0.667. The smallest absolute Gasteiger partial charge is 0.0916 e. The number of aromatic amines is 1. The largest absolute Gasteiger partial charge is 0.501 e. The number of ether oxygens (including phenoxy) is 1. The molecule has 1 fully saturated rings. The number of aliphatic imine (C=N–C) groups is 1. The molecule has 3 atom stereocenters. The summed E-state index contributed by atoms with van der Waals surface area (Å²) in [6, 6.07) is 9.10. The number of nitrogens with one attached hydrogen (secondary N) is 1. The Bertz CT molecular complexity index is 1050. The molecule has 0 saturated heterocycles. The van der Waals surface area contributed by atoms with Crippen molar-refractivity contribution < 1.29 is 4.74 Å². The van der Waals surface area contributed by atoms with Crippen LogP contribution >= 0.6 is 0 Å². The summed E-state index contributed by atoms with van der Waals surface area (Å²) in [7, 11) is 1.79. The zero-order valence-corrected chi connectivity index (χ0v) is 24.6. The summed E-state index contributed by atoms with van der Waals surface area (Å²) in [5, 5.41) is 1.39. The van der Waals surface area contributed by atoms with E-state index in [0.29, 0.717) is 23.3 Å². The highest BCUT2D eigenvalue weighted by Gasteiger charge is 2.57. The Morgan fingerprint density at radius 1 is 1.19 bits per heavy atom. The Hall–Kier alpha value is -2.03. The van der Waals surface area contributed by atoms with Crippen LogP contribution in [0.5, 0.6) is 0 Å². The van der Waals surface area contributed by atoms with Gasteiger partial charge in [-0.15, -0.1) is 0 Å². The second kappa shape index (κ2) is 12.0. The van der Waals surface area contributed by atoms with Crippen molar-refractivity contribution in [3.8, 4) is 0 Å². The number of rotatable bonds is 14. The molecule has 0 amide bonds. The summed E-state index contributed by atoms with van der Waals surface area (Å²) in [4.78, 5) is 8.99. The van der Waals surface area contributed by atoms with Gasteiger partial charge in [-0.05, 0) is 80.4 Å². The summed E-state index contributed by atoms with van der Waals surface area (Å²) in [5.74, 6) is 2.11. The topological polar surface area (TPSA) is 37.4 Å². The van der Waals surface area contributed by atoms with E-state index < -0.39 is 0 Å². The van der Waals surface area contributed by atoms with Crippen molar-refractivity contribution in [2.45, 2.75) is 113 Å². The van der Waals surface area contributed by atoms with E-state index >= 15 is 0 Å². The van der Waals surface area contributed by atoms with Gasteiger partial charge in [-0.2, -0.15) is 0 Å². The molecule has 3 rings (SSSR count). The van der Waals surface area contributed by atoms with Crippen molar-refractivity contribution in [3.05, 3.63) is 47.4 Å². The minimum Gasteiger partial charge on any atom is -0.501 e. The number of nitrogens with zero attached hydrogens (tertiary/aromatic N) is 1. The number of benzene rings is 1. The molecule has 3 heteroatoms. The zero-order chi connectivity index (χ0) is 26.5. The third-order valence-corrected chi connectivity index (χ3v) is 8.77. The maximum Gasteiger partial charge on any atom is 0.0916 e. The van der Waals surface area contributed by atoms with Crippen LogP contribution in [0.3, 0.4) is 0 Å². The van der Waals surface area contributed by atoms with Crippen LogP contribution in [0.2, 0.25) is 0 Å². The van der Waals surface area contributed by atoms with Gasteiger partial charge in [-0.3, -0.25) is 4.99 Å². The zero-order valence-electron chi connectivity index (χ0n) is 24.6. The van der Waals surface area contributed by atoms with Crippen molar-refractivity contribution in [1.82, 2.24) is 4.98 Å². The molecule has 0 bridgehead atoms. The number of hydrogen-bond donors (Lipinski definition) is 1. The molecule has 1 heterocycles. The van der Waals surface area contributed by atoms with Gasteiger partial charge in [0.05, 0.1) is 18.9 Å². The lowest BCUT2D eigenvalue weighted by atomic mass is 9.76. The Morgan fingerprint density at radius 2 is 1.92 bits per heavy atom. The van der Waals surface area contributed by atoms with Crippen molar-refractivity contribution in [2.75, 3.05) is 7.11 Å². The molecule has 1 aliphatic rings. The summed E-state index contributed by atoms with van der Waals surface area (Å²) in [6.45, 7) is 18.6. The quantitative estimate of drug-likeness (QED) is 0.207. The van der Waals surface area contributed by atoms with Gasteiger partial charge in [0.2, 0.25) is 0 Å². The van der Waals surface area contributed by atoms with E-state index in [0.717, 1.165) is 18.6 Å². The van der Waals surface area contributed by atoms with Crippen molar-refractivity contribution in [3.63, 3.8) is 0 Å². The Morgan fingerprint density at radius 3 is 2.58 bits per heavy atom. The van der Waals surface area contributed by atoms with Gasteiger partial charge in [0.25, 0.3) is 0 Å². The number of H-pyrrole nitrogens is 1. The highest BCUT2D eigenvalue weighted by Crippen LogP contribution is 2.56. The predicted molar refractivity (Wildman–Crippen MR) is 157 cm³/mol. The van der Waals surface area contributed by atoms with Crippen LogP contribution in [-0.2, 0) is 11.2 Å². The van der Waals surface area contributed by atoms with Crippen LogP contribution in [0, 0.1) is 29.6 Å². The van der Waals surface area contributed by atoms with E-state index in [1.807, 2.05) is 0 Å². The fourth-order valence-electron chi connectivity index (χ4n) is 6.12. The number of aryl methyl sites for hydroxylation is 2. The number of methoxy groups -OCH3 is 1. The van der Waals surface area contributed by atoms with Crippen molar-refractivity contribution >= 4 is 16.6 Å². The first-order valence-electron chi connectivity index (χ1n) is 14.4. The minimum absolute atomic E-state index is 0.212. The molecule has 1 N–H and O–H groups in total. The van der Waals surface area contributed by atoms with E-state index in [9.17, 15) is 0 Å². The molecule has 1 aromatic heterocycles. The first kappa shape index (κ1) is 28.5. The second-order valence-corrected chi connectivity index (χ2v) is 12.6. The molecule has 0 aliphatic heterocycles. The molecule has 0 radical (unpaired) electrons. The Labute approximate surface area is 221 Å². The van der Waals surface area contributed by atoms with Crippen molar-refractivity contribution in [2.24, 2.45) is 27.7 Å². The third-order valence-electron chi connectivity index (χ3n) is 8.77. The van der Waals surface area contributed by atoms with E-state index in [1.165, 1.54) is 66.4 Å². The van der Waals surface area contributed by atoms with Gasteiger partial charge in [0.15, 0.2) is 0 Å². The molecular weight excluding hydrogens is 440 g/mol. The SMILES string of the molecule is CCCCC(C)(C)CC(CCCc1c(C)[nH]c2ccccc12)C(C)=NC1C(C=C(CC)OC)C1(C)C. The number of hydrogen-bond acceptors (Lipinski definition) is 2. The molecule has 1 saturated carbocycles. The lowest BCUT2D eigenvalue weighted by Gasteiger charge is -2.30. The van der Waals surface area contributed by atoms with Crippen LogP contribution in [0.1, 0.15) is 105 Å². The van der Waals surface area contributed by atoms with Crippen LogP contribution in [0.25, 0.3) is 10.9 Å². The summed E-state index contributed by atoms with van der Waals surface area (Å²) in [6.07, 6.45) is 11.9. The van der Waals surface area contributed by atoms with Gasteiger partial charge in [-0.1, -0.05) is 72.6 Å². The standard InChI is InChI=1S/C33H52N2O/c1-10-12-20-32(5,6)22-25(16-15-18-27-24(4)34-30-19-14-13-17-28(27)30)23(3)35-31-29(33(31,7)8)21-26(11-2)36-9/h13-14,17,19,21,25,29,31,34H,10-12,15-16,18,20,22H2,1-9H3. The molecular formula is C33H52N2O. The molecule has 36 heavy (non-hydrogen) atoms.